The van der Waals surface area contributed by atoms with E-state index in [-0.39, 0.29) is 18.2 Å². The van der Waals surface area contributed by atoms with Crippen molar-refractivity contribution in [2.45, 2.75) is 19.9 Å². The zero-order chi connectivity index (χ0) is 13.0. The summed E-state index contributed by atoms with van der Waals surface area (Å²) in [5.74, 6) is -0.751. The van der Waals surface area contributed by atoms with Crippen LogP contribution in [0.3, 0.4) is 0 Å². The summed E-state index contributed by atoms with van der Waals surface area (Å²) in [7, 11) is 0. The summed E-state index contributed by atoms with van der Waals surface area (Å²) in [6.45, 7) is 4.07. The smallest absolute Gasteiger partial charge is 0.339 e. The molecule has 0 unspecified atom stereocenters. The Balaban J connectivity index is 3.22. The Morgan fingerprint density at radius 3 is 2.71 bits per heavy atom. The monoisotopic (exact) mass is 239 g/mol. The second-order valence-electron chi connectivity index (χ2n) is 3.96. The lowest BCUT2D eigenvalue weighted by atomic mass is 10.2. The van der Waals surface area contributed by atoms with Gasteiger partial charge < -0.3 is 20.8 Å². The first-order valence-electron chi connectivity index (χ1n) is 5.33. The van der Waals surface area contributed by atoms with Gasteiger partial charge in [-0.25, -0.2) is 9.78 Å². The molecule has 17 heavy (non-hydrogen) atoms. The lowest BCUT2D eigenvalue weighted by molar-refractivity contribution is 0.0697. The number of nitrogen functional groups attached to an aromatic ring is 1. The third-order valence-corrected chi connectivity index (χ3v) is 2.35. The van der Waals surface area contributed by atoms with Crippen molar-refractivity contribution in [3.05, 3.63) is 17.8 Å². The number of aromatic carboxylic acids is 1. The number of aromatic nitrogens is 1. The van der Waals surface area contributed by atoms with Crippen molar-refractivity contribution in [3.8, 4) is 0 Å². The molecule has 94 valence electrons. The largest absolute Gasteiger partial charge is 0.478 e. The first-order valence-corrected chi connectivity index (χ1v) is 5.33. The van der Waals surface area contributed by atoms with Gasteiger partial charge in [0.2, 0.25) is 0 Å². The highest BCUT2D eigenvalue weighted by Crippen LogP contribution is 2.21. The van der Waals surface area contributed by atoms with Crippen LogP contribution >= 0.6 is 0 Å². The molecule has 1 aromatic heterocycles. The Labute approximate surface area is 99.7 Å². The summed E-state index contributed by atoms with van der Waals surface area (Å²) in [5, 5.41) is 18.1. The number of hydrogen-bond acceptors (Lipinski definition) is 5. The molecule has 0 radical (unpaired) electrons. The second-order valence-corrected chi connectivity index (χ2v) is 3.96. The van der Waals surface area contributed by atoms with E-state index in [1.807, 2.05) is 13.8 Å². The average Bonchev–Trinajstić information content (AvgIpc) is 2.26. The molecule has 0 saturated heterocycles. The molecule has 6 heteroatoms. The third kappa shape index (κ3) is 3.07. The maximum absolute atomic E-state index is 11.1. The van der Waals surface area contributed by atoms with Crippen LogP contribution in [0.15, 0.2) is 12.3 Å². The Morgan fingerprint density at radius 2 is 2.24 bits per heavy atom. The number of anilines is 2. The number of nitrogens with two attached hydrogens (primary N) is 1. The Kier molecular flexibility index (Phi) is 4.28. The predicted molar refractivity (Wildman–Crippen MR) is 65.2 cm³/mol. The number of aliphatic hydroxyl groups excluding tert-OH is 1. The van der Waals surface area contributed by atoms with Crippen LogP contribution in [0.5, 0.6) is 0 Å². The van der Waals surface area contributed by atoms with E-state index >= 15 is 0 Å². The highest BCUT2D eigenvalue weighted by molar-refractivity contribution is 5.94. The third-order valence-electron chi connectivity index (χ3n) is 2.35. The number of pyridine rings is 1. The van der Waals surface area contributed by atoms with Crippen molar-refractivity contribution in [1.29, 1.82) is 0 Å². The van der Waals surface area contributed by atoms with Gasteiger partial charge in [0, 0.05) is 12.6 Å². The van der Waals surface area contributed by atoms with E-state index in [0.717, 1.165) is 0 Å². The summed E-state index contributed by atoms with van der Waals surface area (Å²) < 4.78 is 0. The van der Waals surface area contributed by atoms with Gasteiger partial charge in [0.05, 0.1) is 18.5 Å². The van der Waals surface area contributed by atoms with Crippen molar-refractivity contribution in [2.75, 3.05) is 23.8 Å². The summed E-state index contributed by atoms with van der Waals surface area (Å²) in [5.41, 5.74) is 5.87. The minimum atomic E-state index is -1.08. The minimum Gasteiger partial charge on any atom is -0.478 e. The van der Waals surface area contributed by atoms with Gasteiger partial charge in [-0.1, -0.05) is 0 Å². The molecule has 0 fully saturated rings. The van der Waals surface area contributed by atoms with Gasteiger partial charge in [-0.15, -0.1) is 0 Å². The van der Waals surface area contributed by atoms with Crippen molar-refractivity contribution in [1.82, 2.24) is 4.98 Å². The van der Waals surface area contributed by atoms with Gasteiger partial charge in [0.15, 0.2) is 0 Å². The van der Waals surface area contributed by atoms with E-state index in [9.17, 15) is 4.79 Å². The molecule has 0 atom stereocenters. The number of rotatable bonds is 5. The Morgan fingerprint density at radius 1 is 1.59 bits per heavy atom. The SMILES string of the molecule is CC(C)N(CCO)c1ncc(N)cc1C(=O)O. The molecule has 0 aliphatic rings. The number of hydrogen-bond donors (Lipinski definition) is 3. The first-order chi connectivity index (χ1) is 7.97. The molecular weight excluding hydrogens is 222 g/mol. The maximum Gasteiger partial charge on any atom is 0.339 e. The minimum absolute atomic E-state index is 0.0383. The standard InChI is InChI=1S/C11H17N3O3/c1-7(2)14(3-4-15)10-9(11(16)17)5-8(12)6-13-10/h5-7,15H,3-4,12H2,1-2H3,(H,16,17). The molecule has 1 heterocycles. The molecule has 0 spiro atoms. The fourth-order valence-corrected chi connectivity index (χ4v) is 1.58. The van der Waals surface area contributed by atoms with E-state index in [0.29, 0.717) is 18.1 Å². The molecule has 0 aliphatic heterocycles. The van der Waals surface area contributed by atoms with Crippen LogP contribution in [-0.2, 0) is 0 Å². The fourth-order valence-electron chi connectivity index (χ4n) is 1.58. The van der Waals surface area contributed by atoms with E-state index in [4.69, 9.17) is 15.9 Å². The van der Waals surface area contributed by atoms with E-state index in [1.165, 1.54) is 12.3 Å². The van der Waals surface area contributed by atoms with E-state index < -0.39 is 5.97 Å². The molecule has 6 nitrogen and oxygen atoms in total. The van der Waals surface area contributed by atoms with Crippen molar-refractivity contribution in [3.63, 3.8) is 0 Å². The van der Waals surface area contributed by atoms with Crippen LogP contribution in [0, 0.1) is 0 Å². The normalized spacial score (nSPS) is 10.6. The Bertz CT molecular complexity index is 407. The summed E-state index contributed by atoms with van der Waals surface area (Å²) in [6, 6.07) is 1.41. The lowest BCUT2D eigenvalue weighted by Crippen LogP contribution is -2.35. The van der Waals surface area contributed by atoms with Crippen LogP contribution in [0.2, 0.25) is 0 Å². The van der Waals surface area contributed by atoms with Crippen LogP contribution in [0.4, 0.5) is 11.5 Å². The quantitative estimate of drug-likeness (QED) is 0.694. The number of carboxylic acid groups (broad SMARTS) is 1. The average molecular weight is 239 g/mol. The molecule has 4 N–H and O–H groups in total. The second kappa shape index (κ2) is 5.49. The van der Waals surface area contributed by atoms with Gasteiger partial charge in [-0.3, -0.25) is 0 Å². The van der Waals surface area contributed by atoms with Crippen LogP contribution < -0.4 is 10.6 Å². The van der Waals surface area contributed by atoms with Crippen LogP contribution in [0.25, 0.3) is 0 Å². The van der Waals surface area contributed by atoms with Crippen LogP contribution in [-0.4, -0.2) is 40.4 Å². The summed E-state index contributed by atoms with van der Waals surface area (Å²) in [4.78, 5) is 16.9. The zero-order valence-corrected chi connectivity index (χ0v) is 9.92. The highest BCUT2D eigenvalue weighted by atomic mass is 16.4. The zero-order valence-electron chi connectivity index (χ0n) is 9.92. The molecule has 0 amide bonds. The maximum atomic E-state index is 11.1. The number of carboxylic acids is 1. The van der Waals surface area contributed by atoms with E-state index in [2.05, 4.69) is 4.98 Å². The van der Waals surface area contributed by atoms with E-state index in [1.54, 1.807) is 4.90 Å². The number of carbonyl (C=O) groups is 1. The molecule has 0 aliphatic carbocycles. The van der Waals surface area contributed by atoms with Gasteiger partial charge >= 0.3 is 5.97 Å². The van der Waals surface area contributed by atoms with Gasteiger partial charge in [0.25, 0.3) is 0 Å². The fraction of sp³-hybridized carbons (Fsp3) is 0.455. The predicted octanol–water partition coefficient (Wildman–Crippen LogP) is 0.569. The van der Waals surface area contributed by atoms with Crippen molar-refractivity contribution in [2.24, 2.45) is 0 Å². The molecule has 0 bridgehead atoms. The molecule has 1 rings (SSSR count). The van der Waals surface area contributed by atoms with Gasteiger partial charge in [-0.05, 0) is 19.9 Å². The topological polar surface area (TPSA) is 99.7 Å². The van der Waals surface area contributed by atoms with Crippen LogP contribution in [0.1, 0.15) is 24.2 Å². The molecular formula is C11H17N3O3. The number of aliphatic hydroxyl groups is 1. The first kappa shape index (κ1) is 13.2. The summed E-state index contributed by atoms with van der Waals surface area (Å²) >= 11 is 0. The van der Waals surface area contributed by atoms with Gasteiger partial charge in [-0.2, -0.15) is 0 Å². The Hall–Kier alpha value is -1.82. The molecule has 1 aromatic rings. The van der Waals surface area contributed by atoms with Crippen molar-refractivity contribution >= 4 is 17.5 Å². The number of nitrogens with zero attached hydrogens (tertiary/aromatic N) is 2. The molecule has 0 saturated carbocycles. The summed E-state index contributed by atoms with van der Waals surface area (Å²) in [6.07, 6.45) is 1.41. The lowest BCUT2D eigenvalue weighted by Gasteiger charge is -2.28. The highest BCUT2D eigenvalue weighted by Gasteiger charge is 2.19. The van der Waals surface area contributed by atoms with Crippen molar-refractivity contribution < 1.29 is 15.0 Å². The van der Waals surface area contributed by atoms with Gasteiger partial charge in [0.1, 0.15) is 11.4 Å². The molecule has 0 aromatic carbocycles.